The van der Waals surface area contributed by atoms with E-state index in [1.54, 1.807) is 0 Å². The second-order valence-electron chi connectivity index (χ2n) is 5.38. The summed E-state index contributed by atoms with van der Waals surface area (Å²) in [6, 6.07) is 0. The second kappa shape index (κ2) is 3.44. The molecule has 3 nitrogen and oxygen atoms in total. The summed E-state index contributed by atoms with van der Waals surface area (Å²) in [6.45, 7) is 1.49. The molecule has 0 aromatic carbocycles. The van der Waals surface area contributed by atoms with Gasteiger partial charge in [0.05, 0.1) is 19.3 Å². The van der Waals surface area contributed by atoms with Crippen molar-refractivity contribution in [3.05, 3.63) is 0 Å². The van der Waals surface area contributed by atoms with Gasteiger partial charge in [-0.1, -0.05) is 6.42 Å². The van der Waals surface area contributed by atoms with Crippen LogP contribution in [0.4, 0.5) is 0 Å². The zero-order valence-corrected chi connectivity index (χ0v) is 9.21. The molecule has 2 spiro atoms. The Morgan fingerprint density at radius 1 is 0.933 bits per heavy atom. The molecule has 86 valence electrons. The molecule has 0 aromatic rings. The Morgan fingerprint density at radius 3 is 2.13 bits per heavy atom. The van der Waals surface area contributed by atoms with Gasteiger partial charge in [-0.3, -0.25) is 0 Å². The highest BCUT2D eigenvalue weighted by Gasteiger charge is 2.50. The van der Waals surface area contributed by atoms with Crippen molar-refractivity contribution >= 4 is 0 Å². The minimum absolute atomic E-state index is 0.0729. The monoisotopic (exact) mass is 212 g/mol. The van der Waals surface area contributed by atoms with E-state index in [4.69, 9.17) is 9.47 Å². The van der Waals surface area contributed by atoms with E-state index >= 15 is 0 Å². The molecule has 0 radical (unpaired) electrons. The van der Waals surface area contributed by atoms with E-state index in [1.807, 2.05) is 0 Å². The molecule has 1 unspecified atom stereocenters. The topological polar surface area (TPSA) is 38.7 Å². The summed E-state index contributed by atoms with van der Waals surface area (Å²) in [5, 5.41) is 10.1. The first-order valence-electron chi connectivity index (χ1n) is 6.21. The van der Waals surface area contributed by atoms with Crippen LogP contribution in [0.15, 0.2) is 0 Å². The Hall–Kier alpha value is -0.120. The van der Waals surface area contributed by atoms with Crippen LogP contribution < -0.4 is 0 Å². The van der Waals surface area contributed by atoms with Crippen molar-refractivity contribution in [3.8, 4) is 0 Å². The third kappa shape index (κ3) is 1.52. The molecule has 1 heterocycles. The molecule has 3 aliphatic rings. The fourth-order valence-electron chi connectivity index (χ4n) is 3.62. The normalized spacial score (nSPS) is 37.8. The van der Waals surface area contributed by atoms with Crippen molar-refractivity contribution < 1.29 is 14.6 Å². The van der Waals surface area contributed by atoms with Crippen LogP contribution in [0.25, 0.3) is 0 Å². The molecule has 2 aliphatic carbocycles. The first-order chi connectivity index (χ1) is 7.25. The molecule has 1 N–H and O–H groups in total. The van der Waals surface area contributed by atoms with Crippen molar-refractivity contribution in [2.45, 2.75) is 56.8 Å². The summed E-state index contributed by atoms with van der Waals surface area (Å²) in [7, 11) is 0. The Bertz CT molecular complexity index is 235. The van der Waals surface area contributed by atoms with Gasteiger partial charge in [0.2, 0.25) is 0 Å². The van der Waals surface area contributed by atoms with E-state index in [1.165, 1.54) is 12.8 Å². The number of aliphatic hydroxyl groups is 1. The van der Waals surface area contributed by atoms with Crippen LogP contribution in [-0.4, -0.2) is 30.2 Å². The first-order valence-corrected chi connectivity index (χ1v) is 6.21. The number of rotatable bonds is 0. The average molecular weight is 212 g/mol. The zero-order chi connectivity index (χ0) is 10.4. The number of ether oxygens (including phenoxy) is 2. The second-order valence-corrected chi connectivity index (χ2v) is 5.38. The van der Waals surface area contributed by atoms with Crippen LogP contribution in [0.1, 0.15) is 44.9 Å². The molecule has 3 fully saturated rings. The molecule has 0 bridgehead atoms. The van der Waals surface area contributed by atoms with Gasteiger partial charge >= 0.3 is 0 Å². The van der Waals surface area contributed by atoms with E-state index in [0.29, 0.717) is 0 Å². The maximum atomic E-state index is 10.1. The molecule has 3 heteroatoms. The lowest BCUT2D eigenvalue weighted by Gasteiger charge is -2.43. The van der Waals surface area contributed by atoms with E-state index in [2.05, 4.69) is 0 Å². The SMILES string of the molecule is OC1CCCC12CCC1(CC2)OCCO1. The molecule has 1 saturated heterocycles. The van der Waals surface area contributed by atoms with Crippen molar-refractivity contribution in [1.82, 2.24) is 0 Å². The van der Waals surface area contributed by atoms with Crippen LogP contribution >= 0.6 is 0 Å². The van der Waals surface area contributed by atoms with Crippen LogP contribution in [0.2, 0.25) is 0 Å². The fraction of sp³-hybridized carbons (Fsp3) is 1.00. The van der Waals surface area contributed by atoms with Gasteiger partial charge in [-0.25, -0.2) is 0 Å². The highest BCUT2D eigenvalue weighted by atomic mass is 16.7. The predicted molar refractivity (Wildman–Crippen MR) is 55.4 cm³/mol. The zero-order valence-electron chi connectivity index (χ0n) is 9.21. The van der Waals surface area contributed by atoms with Crippen molar-refractivity contribution in [1.29, 1.82) is 0 Å². The van der Waals surface area contributed by atoms with Gasteiger partial charge in [0, 0.05) is 12.8 Å². The lowest BCUT2D eigenvalue weighted by Crippen LogP contribution is -2.43. The fourth-order valence-corrected chi connectivity index (χ4v) is 3.62. The maximum Gasteiger partial charge on any atom is 0.168 e. The number of hydrogen-bond acceptors (Lipinski definition) is 3. The molecule has 2 saturated carbocycles. The quantitative estimate of drug-likeness (QED) is 0.666. The van der Waals surface area contributed by atoms with Gasteiger partial charge < -0.3 is 14.6 Å². The summed E-state index contributed by atoms with van der Waals surface area (Å²) in [5.74, 6) is -0.270. The molecule has 3 rings (SSSR count). The molecule has 1 atom stereocenters. The highest BCUT2D eigenvalue weighted by molar-refractivity contribution is 4.98. The van der Waals surface area contributed by atoms with E-state index in [0.717, 1.165) is 45.3 Å². The first kappa shape index (κ1) is 10.1. The summed E-state index contributed by atoms with van der Waals surface area (Å²) in [6.07, 6.45) is 7.42. The lowest BCUT2D eigenvalue weighted by atomic mass is 9.69. The Labute approximate surface area is 90.8 Å². The molecular formula is C12H20O3. The van der Waals surface area contributed by atoms with Gasteiger partial charge in [-0.15, -0.1) is 0 Å². The molecule has 0 aromatic heterocycles. The van der Waals surface area contributed by atoms with Crippen molar-refractivity contribution in [2.75, 3.05) is 13.2 Å². The average Bonchev–Trinajstić information content (AvgIpc) is 2.82. The minimum Gasteiger partial charge on any atom is -0.393 e. The van der Waals surface area contributed by atoms with Gasteiger partial charge in [-0.05, 0) is 31.1 Å². The number of hydrogen-bond donors (Lipinski definition) is 1. The van der Waals surface area contributed by atoms with Crippen LogP contribution in [0.5, 0.6) is 0 Å². The highest BCUT2D eigenvalue weighted by Crippen LogP contribution is 2.52. The number of aliphatic hydroxyl groups excluding tert-OH is 1. The minimum atomic E-state index is -0.270. The third-order valence-electron chi connectivity index (χ3n) is 4.68. The van der Waals surface area contributed by atoms with Crippen LogP contribution in [0.3, 0.4) is 0 Å². The lowest BCUT2D eigenvalue weighted by molar-refractivity contribution is -0.198. The molecular weight excluding hydrogens is 192 g/mol. The maximum absolute atomic E-state index is 10.1. The van der Waals surface area contributed by atoms with Crippen molar-refractivity contribution in [2.24, 2.45) is 5.41 Å². The van der Waals surface area contributed by atoms with Crippen LogP contribution in [-0.2, 0) is 9.47 Å². The standard InChI is InChI=1S/C12H20O3/c13-10-2-1-3-11(10)4-6-12(7-5-11)14-8-9-15-12/h10,13H,1-9H2. The largest absolute Gasteiger partial charge is 0.393 e. The summed E-state index contributed by atoms with van der Waals surface area (Å²) in [5.41, 5.74) is 0.209. The van der Waals surface area contributed by atoms with Gasteiger partial charge in [0.25, 0.3) is 0 Å². The summed E-state index contributed by atoms with van der Waals surface area (Å²) >= 11 is 0. The molecule has 0 amide bonds. The van der Waals surface area contributed by atoms with Gasteiger partial charge in [0.15, 0.2) is 5.79 Å². The summed E-state index contributed by atoms with van der Waals surface area (Å²) in [4.78, 5) is 0. The van der Waals surface area contributed by atoms with E-state index in [9.17, 15) is 5.11 Å². The van der Waals surface area contributed by atoms with E-state index < -0.39 is 0 Å². The molecule has 15 heavy (non-hydrogen) atoms. The van der Waals surface area contributed by atoms with Crippen molar-refractivity contribution in [3.63, 3.8) is 0 Å². The third-order valence-corrected chi connectivity index (χ3v) is 4.68. The Balaban J connectivity index is 1.69. The summed E-state index contributed by atoms with van der Waals surface area (Å²) < 4.78 is 11.4. The Morgan fingerprint density at radius 2 is 1.60 bits per heavy atom. The van der Waals surface area contributed by atoms with E-state index in [-0.39, 0.29) is 17.3 Å². The van der Waals surface area contributed by atoms with Gasteiger partial charge in [0.1, 0.15) is 0 Å². The Kier molecular flexibility index (Phi) is 2.31. The van der Waals surface area contributed by atoms with Crippen LogP contribution in [0, 0.1) is 5.41 Å². The molecule has 1 aliphatic heterocycles. The predicted octanol–water partition coefficient (Wildman–Crippen LogP) is 1.83. The smallest absolute Gasteiger partial charge is 0.168 e. The van der Waals surface area contributed by atoms with Gasteiger partial charge in [-0.2, -0.15) is 0 Å².